The maximum atomic E-state index is 4.60. The van der Waals surface area contributed by atoms with Crippen molar-refractivity contribution in [1.29, 1.82) is 0 Å². The number of nitrogens with zero attached hydrogens (tertiary/aromatic N) is 4. The molecular formula is C15H23N5. The molecule has 1 N–H and O–H groups in total. The summed E-state index contributed by atoms with van der Waals surface area (Å²) in [5.41, 5.74) is 2.14. The number of fused-ring (bicyclic) bond motifs is 1. The standard InChI is InChI=1S/C15H23N5/c1-3-19(11-13-5-4-6-16-10-13)15-14-9-12(2)18-20(14)8-7-17-15/h7-9,13,16H,3-6,10-11H2,1-2H3. The van der Waals surface area contributed by atoms with Crippen molar-refractivity contribution in [1.82, 2.24) is 19.9 Å². The van der Waals surface area contributed by atoms with Gasteiger partial charge in [-0.2, -0.15) is 5.10 Å². The van der Waals surface area contributed by atoms with Crippen LogP contribution in [0.25, 0.3) is 5.52 Å². The minimum absolute atomic E-state index is 0.717. The van der Waals surface area contributed by atoms with Gasteiger partial charge >= 0.3 is 0 Å². The molecule has 0 aromatic carbocycles. The second-order valence-corrected chi connectivity index (χ2v) is 5.62. The van der Waals surface area contributed by atoms with E-state index in [0.717, 1.165) is 49.1 Å². The van der Waals surface area contributed by atoms with E-state index in [1.807, 2.05) is 23.8 Å². The van der Waals surface area contributed by atoms with E-state index in [1.54, 1.807) is 0 Å². The van der Waals surface area contributed by atoms with Crippen molar-refractivity contribution in [2.45, 2.75) is 26.7 Å². The molecule has 1 aliphatic heterocycles. The first-order valence-corrected chi connectivity index (χ1v) is 7.54. The van der Waals surface area contributed by atoms with Crippen LogP contribution in [0.1, 0.15) is 25.5 Å². The Hall–Kier alpha value is -1.62. The lowest BCUT2D eigenvalue weighted by atomic mass is 9.99. The molecule has 0 saturated carbocycles. The average molecular weight is 273 g/mol. The summed E-state index contributed by atoms with van der Waals surface area (Å²) >= 11 is 0. The minimum Gasteiger partial charge on any atom is -0.355 e. The minimum atomic E-state index is 0.717. The molecule has 3 heterocycles. The highest BCUT2D eigenvalue weighted by atomic mass is 15.3. The van der Waals surface area contributed by atoms with Crippen LogP contribution in [-0.4, -0.2) is 40.8 Å². The summed E-state index contributed by atoms with van der Waals surface area (Å²) in [6.07, 6.45) is 6.36. The zero-order valence-electron chi connectivity index (χ0n) is 12.3. The monoisotopic (exact) mass is 273 g/mol. The van der Waals surface area contributed by atoms with E-state index in [0.29, 0.717) is 0 Å². The fraction of sp³-hybridized carbons (Fsp3) is 0.600. The number of aromatic nitrogens is 3. The lowest BCUT2D eigenvalue weighted by molar-refractivity contribution is 0.377. The number of piperidine rings is 1. The molecule has 5 heteroatoms. The van der Waals surface area contributed by atoms with E-state index < -0.39 is 0 Å². The van der Waals surface area contributed by atoms with Crippen LogP contribution in [0.2, 0.25) is 0 Å². The Balaban J connectivity index is 1.86. The maximum Gasteiger partial charge on any atom is 0.154 e. The van der Waals surface area contributed by atoms with Crippen LogP contribution in [-0.2, 0) is 0 Å². The number of nitrogens with one attached hydrogen (secondary N) is 1. The molecule has 1 aliphatic rings. The van der Waals surface area contributed by atoms with Gasteiger partial charge in [0.25, 0.3) is 0 Å². The quantitative estimate of drug-likeness (QED) is 0.923. The Morgan fingerprint density at radius 2 is 2.40 bits per heavy atom. The predicted octanol–water partition coefficient (Wildman–Crippen LogP) is 1.86. The number of hydrogen-bond donors (Lipinski definition) is 1. The molecule has 3 rings (SSSR count). The summed E-state index contributed by atoms with van der Waals surface area (Å²) in [7, 11) is 0. The molecule has 108 valence electrons. The molecule has 2 aromatic heterocycles. The Labute approximate surface area is 120 Å². The first-order valence-electron chi connectivity index (χ1n) is 7.54. The summed E-state index contributed by atoms with van der Waals surface area (Å²) in [4.78, 5) is 6.98. The highest BCUT2D eigenvalue weighted by molar-refractivity contribution is 5.69. The van der Waals surface area contributed by atoms with Crippen molar-refractivity contribution in [3.63, 3.8) is 0 Å². The van der Waals surface area contributed by atoms with Gasteiger partial charge in [0.2, 0.25) is 0 Å². The van der Waals surface area contributed by atoms with Crippen molar-refractivity contribution in [3.8, 4) is 0 Å². The molecular weight excluding hydrogens is 250 g/mol. The molecule has 1 fully saturated rings. The number of aryl methyl sites for hydroxylation is 1. The number of hydrogen-bond acceptors (Lipinski definition) is 4. The molecule has 1 unspecified atom stereocenters. The van der Waals surface area contributed by atoms with E-state index in [9.17, 15) is 0 Å². The summed E-state index contributed by atoms with van der Waals surface area (Å²) < 4.78 is 1.93. The van der Waals surface area contributed by atoms with Gasteiger partial charge in [0.05, 0.1) is 5.69 Å². The van der Waals surface area contributed by atoms with E-state index in [-0.39, 0.29) is 0 Å². The van der Waals surface area contributed by atoms with Gasteiger partial charge < -0.3 is 10.2 Å². The number of anilines is 1. The van der Waals surface area contributed by atoms with E-state index in [4.69, 9.17) is 0 Å². The largest absolute Gasteiger partial charge is 0.355 e. The van der Waals surface area contributed by atoms with Gasteiger partial charge in [-0.05, 0) is 51.8 Å². The molecule has 0 aliphatic carbocycles. The summed E-state index contributed by atoms with van der Waals surface area (Å²) in [5, 5.41) is 7.97. The van der Waals surface area contributed by atoms with Gasteiger partial charge in [0.15, 0.2) is 5.82 Å². The van der Waals surface area contributed by atoms with E-state index in [1.165, 1.54) is 12.8 Å². The molecule has 0 amide bonds. The fourth-order valence-electron chi connectivity index (χ4n) is 3.03. The summed E-state index contributed by atoms with van der Waals surface area (Å²) in [6, 6.07) is 2.12. The van der Waals surface area contributed by atoms with Crippen LogP contribution < -0.4 is 10.2 Å². The highest BCUT2D eigenvalue weighted by Crippen LogP contribution is 2.22. The van der Waals surface area contributed by atoms with Gasteiger partial charge in [-0.15, -0.1) is 0 Å². The third-order valence-corrected chi connectivity index (χ3v) is 4.05. The van der Waals surface area contributed by atoms with Crippen molar-refractivity contribution >= 4 is 11.3 Å². The Bertz CT molecular complexity index is 571. The van der Waals surface area contributed by atoms with Crippen LogP contribution in [0.15, 0.2) is 18.5 Å². The van der Waals surface area contributed by atoms with Gasteiger partial charge in [-0.1, -0.05) is 0 Å². The van der Waals surface area contributed by atoms with Crippen molar-refractivity contribution in [3.05, 3.63) is 24.2 Å². The van der Waals surface area contributed by atoms with E-state index >= 15 is 0 Å². The van der Waals surface area contributed by atoms with Gasteiger partial charge in [0, 0.05) is 25.5 Å². The summed E-state index contributed by atoms with van der Waals surface area (Å²) in [5.74, 6) is 1.77. The molecule has 5 nitrogen and oxygen atoms in total. The van der Waals surface area contributed by atoms with Gasteiger partial charge in [0.1, 0.15) is 5.52 Å². The Morgan fingerprint density at radius 3 is 3.15 bits per heavy atom. The zero-order chi connectivity index (χ0) is 13.9. The van der Waals surface area contributed by atoms with Crippen LogP contribution in [0, 0.1) is 12.8 Å². The molecule has 0 bridgehead atoms. The third kappa shape index (κ3) is 2.63. The second-order valence-electron chi connectivity index (χ2n) is 5.62. The third-order valence-electron chi connectivity index (χ3n) is 4.05. The lowest BCUT2D eigenvalue weighted by Gasteiger charge is -2.30. The fourth-order valence-corrected chi connectivity index (χ4v) is 3.03. The normalized spacial score (nSPS) is 19.4. The molecule has 1 atom stereocenters. The van der Waals surface area contributed by atoms with Crippen molar-refractivity contribution < 1.29 is 0 Å². The predicted molar refractivity (Wildman–Crippen MR) is 81.2 cm³/mol. The highest BCUT2D eigenvalue weighted by Gasteiger charge is 2.19. The molecule has 0 radical (unpaired) electrons. The SMILES string of the molecule is CCN(CC1CCCNC1)c1nccn2nc(C)cc12. The van der Waals surface area contributed by atoms with Gasteiger partial charge in [-0.25, -0.2) is 9.50 Å². The maximum absolute atomic E-state index is 4.60. The molecule has 1 saturated heterocycles. The Kier molecular flexibility index (Phi) is 3.87. The zero-order valence-corrected chi connectivity index (χ0v) is 12.3. The second kappa shape index (κ2) is 5.79. The van der Waals surface area contributed by atoms with Gasteiger partial charge in [-0.3, -0.25) is 0 Å². The van der Waals surface area contributed by atoms with Crippen LogP contribution >= 0.6 is 0 Å². The van der Waals surface area contributed by atoms with Crippen molar-refractivity contribution in [2.24, 2.45) is 5.92 Å². The smallest absolute Gasteiger partial charge is 0.154 e. The Morgan fingerprint density at radius 1 is 1.50 bits per heavy atom. The van der Waals surface area contributed by atoms with Crippen LogP contribution in [0.3, 0.4) is 0 Å². The van der Waals surface area contributed by atoms with E-state index in [2.05, 4.69) is 33.3 Å². The molecule has 20 heavy (non-hydrogen) atoms. The summed E-state index contributed by atoms with van der Waals surface area (Å²) in [6.45, 7) is 8.56. The lowest BCUT2D eigenvalue weighted by Crippen LogP contribution is -2.38. The average Bonchev–Trinajstić information content (AvgIpc) is 2.86. The van der Waals surface area contributed by atoms with Crippen molar-refractivity contribution in [2.75, 3.05) is 31.1 Å². The number of rotatable bonds is 4. The van der Waals surface area contributed by atoms with Crippen LogP contribution in [0.5, 0.6) is 0 Å². The molecule has 2 aromatic rings. The molecule has 0 spiro atoms. The van der Waals surface area contributed by atoms with Crippen LogP contribution in [0.4, 0.5) is 5.82 Å². The first-order chi connectivity index (χ1) is 9.78. The topological polar surface area (TPSA) is 45.5 Å². The first kappa shape index (κ1) is 13.4.